The minimum atomic E-state index is -3.54. The third kappa shape index (κ3) is 5.08. The minimum absolute atomic E-state index is 0.0759. The van der Waals surface area contributed by atoms with Crippen LogP contribution in [0.1, 0.15) is 37.7 Å². The van der Waals surface area contributed by atoms with Crippen molar-refractivity contribution in [3.8, 4) is 0 Å². The quantitative estimate of drug-likeness (QED) is 0.552. The number of nitrogens with zero attached hydrogens (tertiary/aromatic N) is 3. The molecule has 0 aliphatic rings. The van der Waals surface area contributed by atoms with Gasteiger partial charge in [-0.1, -0.05) is 23.7 Å². The summed E-state index contributed by atoms with van der Waals surface area (Å²) in [7, 11) is -0.537. The van der Waals surface area contributed by atoms with Crippen LogP contribution in [0.4, 0.5) is 0 Å². The number of aryl methyl sites for hydroxylation is 2. The molecule has 0 aliphatic heterocycles. The standard InChI is InChI=1S/C22H27ClN4O3S/c1-5-27-20-11-10-18(31(29,30)26(3)4)14-19(20)25-21(27)12-13-22(28)24-15(2)16-6-8-17(23)9-7-16/h6-11,14-15H,5,12-13H2,1-4H3,(H,24,28). The van der Waals surface area contributed by atoms with Crippen molar-refractivity contribution in [2.24, 2.45) is 0 Å². The Hall–Kier alpha value is -2.42. The topological polar surface area (TPSA) is 84.3 Å². The fourth-order valence-corrected chi connectivity index (χ4v) is 4.50. The Labute approximate surface area is 188 Å². The number of fused-ring (bicyclic) bond motifs is 1. The van der Waals surface area contributed by atoms with Crippen LogP contribution in [0.2, 0.25) is 5.02 Å². The summed E-state index contributed by atoms with van der Waals surface area (Å²) < 4.78 is 28.0. The normalized spacial score (nSPS) is 13.0. The van der Waals surface area contributed by atoms with Crippen molar-refractivity contribution in [1.82, 2.24) is 19.2 Å². The van der Waals surface area contributed by atoms with Crippen molar-refractivity contribution in [2.75, 3.05) is 14.1 Å². The highest BCUT2D eigenvalue weighted by Crippen LogP contribution is 2.23. The molecule has 1 amide bonds. The first kappa shape index (κ1) is 23.2. The Morgan fingerprint density at radius 3 is 2.48 bits per heavy atom. The molecule has 3 aromatic rings. The fourth-order valence-electron chi connectivity index (χ4n) is 3.45. The predicted molar refractivity (Wildman–Crippen MR) is 123 cm³/mol. The molecular formula is C22H27ClN4O3S. The number of rotatable bonds is 8. The molecular weight excluding hydrogens is 436 g/mol. The lowest BCUT2D eigenvalue weighted by atomic mass is 10.1. The van der Waals surface area contributed by atoms with Crippen molar-refractivity contribution < 1.29 is 13.2 Å². The Kier molecular flexibility index (Phi) is 7.03. The van der Waals surface area contributed by atoms with Gasteiger partial charge in [-0.3, -0.25) is 4.79 Å². The second-order valence-electron chi connectivity index (χ2n) is 7.55. The first-order valence-electron chi connectivity index (χ1n) is 10.1. The highest BCUT2D eigenvalue weighted by molar-refractivity contribution is 7.89. The van der Waals surface area contributed by atoms with Crippen LogP contribution in [-0.2, 0) is 27.8 Å². The van der Waals surface area contributed by atoms with E-state index in [9.17, 15) is 13.2 Å². The largest absolute Gasteiger partial charge is 0.350 e. The molecule has 1 aromatic heterocycles. The molecule has 0 aliphatic carbocycles. The first-order valence-corrected chi connectivity index (χ1v) is 11.9. The highest BCUT2D eigenvalue weighted by Gasteiger charge is 2.20. The van der Waals surface area contributed by atoms with E-state index in [0.29, 0.717) is 23.5 Å². The van der Waals surface area contributed by atoms with E-state index < -0.39 is 10.0 Å². The monoisotopic (exact) mass is 462 g/mol. The van der Waals surface area contributed by atoms with Crippen LogP contribution in [0.25, 0.3) is 11.0 Å². The van der Waals surface area contributed by atoms with E-state index in [-0.39, 0.29) is 23.3 Å². The van der Waals surface area contributed by atoms with Gasteiger partial charge in [0.2, 0.25) is 15.9 Å². The summed E-state index contributed by atoms with van der Waals surface area (Å²) in [6, 6.07) is 12.2. The number of benzene rings is 2. The summed E-state index contributed by atoms with van der Waals surface area (Å²) in [6.07, 6.45) is 0.738. The Morgan fingerprint density at radius 1 is 1.19 bits per heavy atom. The maximum absolute atomic E-state index is 12.5. The molecule has 0 saturated heterocycles. The van der Waals surface area contributed by atoms with Gasteiger partial charge in [-0.05, 0) is 49.7 Å². The average Bonchev–Trinajstić information content (AvgIpc) is 3.09. The number of nitrogens with one attached hydrogen (secondary N) is 1. The smallest absolute Gasteiger partial charge is 0.242 e. The van der Waals surface area contributed by atoms with Gasteiger partial charge >= 0.3 is 0 Å². The zero-order chi connectivity index (χ0) is 22.8. The Morgan fingerprint density at radius 2 is 1.87 bits per heavy atom. The number of amides is 1. The Balaban J connectivity index is 1.74. The lowest BCUT2D eigenvalue weighted by Gasteiger charge is -2.14. The maximum atomic E-state index is 12.5. The van der Waals surface area contributed by atoms with E-state index in [4.69, 9.17) is 11.6 Å². The van der Waals surface area contributed by atoms with Crippen LogP contribution in [0.3, 0.4) is 0 Å². The molecule has 9 heteroatoms. The van der Waals surface area contributed by atoms with Gasteiger partial charge in [-0.25, -0.2) is 17.7 Å². The van der Waals surface area contributed by atoms with E-state index in [2.05, 4.69) is 10.3 Å². The number of sulfonamides is 1. The average molecular weight is 463 g/mol. The molecule has 1 unspecified atom stereocenters. The second-order valence-corrected chi connectivity index (χ2v) is 10.1. The van der Waals surface area contributed by atoms with E-state index in [1.807, 2.05) is 30.5 Å². The van der Waals surface area contributed by atoms with Gasteiger partial charge in [0.25, 0.3) is 0 Å². The molecule has 1 N–H and O–H groups in total. The fraction of sp³-hybridized carbons (Fsp3) is 0.364. The maximum Gasteiger partial charge on any atom is 0.242 e. The van der Waals surface area contributed by atoms with Crippen LogP contribution in [-0.4, -0.2) is 42.3 Å². The van der Waals surface area contributed by atoms with Crippen LogP contribution in [0.15, 0.2) is 47.4 Å². The summed E-state index contributed by atoms with van der Waals surface area (Å²) in [6.45, 7) is 4.60. The molecule has 1 atom stereocenters. The molecule has 0 bridgehead atoms. The first-order chi connectivity index (χ1) is 14.6. The number of hydrogen-bond acceptors (Lipinski definition) is 4. The molecule has 0 spiro atoms. The van der Waals surface area contributed by atoms with Crippen LogP contribution >= 0.6 is 11.6 Å². The molecule has 0 saturated carbocycles. The zero-order valence-electron chi connectivity index (χ0n) is 18.1. The lowest BCUT2D eigenvalue weighted by molar-refractivity contribution is -0.121. The SMILES string of the molecule is CCn1c(CCC(=O)NC(C)c2ccc(Cl)cc2)nc2cc(S(=O)(=O)N(C)C)ccc21. The molecule has 0 fully saturated rings. The van der Waals surface area contributed by atoms with Gasteiger partial charge in [0.15, 0.2) is 0 Å². The zero-order valence-corrected chi connectivity index (χ0v) is 19.7. The van der Waals surface area contributed by atoms with E-state index in [1.54, 1.807) is 30.3 Å². The number of aromatic nitrogens is 2. The molecule has 2 aromatic carbocycles. The summed E-state index contributed by atoms with van der Waals surface area (Å²) >= 11 is 5.92. The van der Waals surface area contributed by atoms with Crippen LogP contribution in [0.5, 0.6) is 0 Å². The van der Waals surface area contributed by atoms with Crippen LogP contribution < -0.4 is 5.32 Å². The number of imidazole rings is 1. The van der Waals surface area contributed by atoms with E-state index in [0.717, 1.165) is 16.9 Å². The molecule has 3 rings (SSSR count). The van der Waals surface area contributed by atoms with Crippen molar-refractivity contribution in [1.29, 1.82) is 0 Å². The van der Waals surface area contributed by atoms with Gasteiger partial charge in [0.05, 0.1) is 22.0 Å². The van der Waals surface area contributed by atoms with Gasteiger partial charge in [-0.2, -0.15) is 0 Å². The van der Waals surface area contributed by atoms with Crippen LogP contribution in [0, 0.1) is 0 Å². The molecule has 166 valence electrons. The van der Waals surface area contributed by atoms with E-state index >= 15 is 0 Å². The van der Waals surface area contributed by atoms with Gasteiger partial charge < -0.3 is 9.88 Å². The van der Waals surface area contributed by atoms with Crippen molar-refractivity contribution in [2.45, 2.75) is 44.2 Å². The Bertz CT molecular complexity index is 1190. The molecule has 7 nitrogen and oxygen atoms in total. The lowest BCUT2D eigenvalue weighted by Crippen LogP contribution is -2.27. The highest BCUT2D eigenvalue weighted by atomic mass is 35.5. The summed E-state index contributed by atoms with van der Waals surface area (Å²) in [4.78, 5) is 17.3. The molecule has 31 heavy (non-hydrogen) atoms. The number of carbonyl (C=O) groups is 1. The van der Waals surface area contributed by atoms with Gasteiger partial charge in [-0.15, -0.1) is 0 Å². The van der Waals surface area contributed by atoms with Gasteiger partial charge in [0, 0.05) is 38.5 Å². The summed E-state index contributed by atoms with van der Waals surface area (Å²) in [5.41, 5.74) is 2.44. The second kappa shape index (κ2) is 9.38. The van der Waals surface area contributed by atoms with Gasteiger partial charge in [0.1, 0.15) is 5.82 Å². The van der Waals surface area contributed by atoms with E-state index in [1.165, 1.54) is 18.4 Å². The molecule has 0 radical (unpaired) electrons. The number of hydrogen-bond donors (Lipinski definition) is 1. The summed E-state index contributed by atoms with van der Waals surface area (Å²) in [5.74, 6) is 0.680. The van der Waals surface area contributed by atoms with Crippen molar-refractivity contribution in [3.63, 3.8) is 0 Å². The predicted octanol–water partition coefficient (Wildman–Crippen LogP) is 3.77. The van der Waals surface area contributed by atoms with Crippen molar-refractivity contribution >= 4 is 38.6 Å². The number of halogens is 1. The third-order valence-corrected chi connectivity index (χ3v) is 7.28. The minimum Gasteiger partial charge on any atom is -0.350 e. The number of carbonyl (C=O) groups excluding carboxylic acids is 1. The van der Waals surface area contributed by atoms with Crippen molar-refractivity contribution in [3.05, 3.63) is 58.9 Å². The third-order valence-electron chi connectivity index (χ3n) is 5.22. The molecule has 1 heterocycles. The summed E-state index contributed by atoms with van der Waals surface area (Å²) in [5, 5.41) is 3.65.